The third-order valence-corrected chi connectivity index (χ3v) is 5.77. The summed E-state index contributed by atoms with van der Waals surface area (Å²) in [6.07, 6.45) is 2.30. The van der Waals surface area contributed by atoms with E-state index in [9.17, 15) is 4.79 Å². The zero-order valence-corrected chi connectivity index (χ0v) is 16.1. The van der Waals surface area contributed by atoms with E-state index in [0.29, 0.717) is 5.91 Å². The van der Waals surface area contributed by atoms with Gasteiger partial charge < -0.3 is 9.80 Å². The van der Waals surface area contributed by atoms with Crippen LogP contribution in [0.1, 0.15) is 46.4 Å². The van der Waals surface area contributed by atoms with Crippen LogP contribution in [0.2, 0.25) is 0 Å². The normalized spacial score (nSPS) is 21.3. The summed E-state index contributed by atoms with van der Waals surface area (Å²) in [5.41, 5.74) is -0.00671. The number of amides is 1. The monoisotopic (exact) mass is 351 g/mol. The highest BCUT2D eigenvalue weighted by Crippen LogP contribution is 2.26. The molecular weight excluding hydrogens is 322 g/mol. The molecule has 0 spiro atoms. The summed E-state index contributed by atoms with van der Waals surface area (Å²) < 4.78 is 4.51. The van der Waals surface area contributed by atoms with E-state index in [-0.39, 0.29) is 11.5 Å². The van der Waals surface area contributed by atoms with E-state index in [4.69, 9.17) is 4.98 Å². The van der Waals surface area contributed by atoms with Gasteiger partial charge in [0.15, 0.2) is 0 Å². The lowest BCUT2D eigenvalue weighted by Gasteiger charge is -2.38. The van der Waals surface area contributed by atoms with Crippen molar-refractivity contribution in [3.8, 4) is 0 Å². The first kappa shape index (κ1) is 17.6. The van der Waals surface area contributed by atoms with E-state index in [1.807, 2.05) is 4.90 Å². The summed E-state index contributed by atoms with van der Waals surface area (Å²) in [6, 6.07) is -0.00944. The van der Waals surface area contributed by atoms with Gasteiger partial charge in [0.25, 0.3) is 0 Å². The minimum atomic E-state index is -0.00944. The second-order valence-corrected chi connectivity index (χ2v) is 8.61. The number of carbonyl (C=O) groups excluding carboxylic acids is 1. The molecule has 0 bridgehead atoms. The van der Waals surface area contributed by atoms with Crippen molar-refractivity contribution in [3.63, 3.8) is 0 Å². The first-order valence-corrected chi connectivity index (χ1v) is 9.75. The summed E-state index contributed by atoms with van der Waals surface area (Å²) in [4.78, 5) is 23.9. The molecule has 24 heavy (non-hydrogen) atoms. The fourth-order valence-electron chi connectivity index (χ4n) is 3.31. The van der Waals surface area contributed by atoms with Crippen molar-refractivity contribution < 1.29 is 4.79 Å². The molecule has 7 heteroatoms. The molecule has 3 heterocycles. The van der Waals surface area contributed by atoms with Crippen molar-refractivity contribution in [2.75, 3.05) is 44.2 Å². The summed E-state index contributed by atoms with van der Waals surface area (Å²) in [6.45, 7) is 14.0. The summed E-state index contributed by atoms with van der Waals surface area (Å²) in [5.74, 6) is 1.22. The lowest BCUT2D eigenvalue weighted by Crippen LogP contribution is -2.54. The van der Waals surface area contributed by atoms with Crippen LogP contribution < -0.4 is 4.90 Å². The van der Waals surface area contributed by atoms with Crippen LogP contribution in [0.25, 0.3) is 0 Å². The van der Waals surface area contributed by atoms with Gasteiger partial charge in [0.05, 0.1) is 6.04 Å². The van der Waals surface area contributed by atoms with Crippen molar-refractivity contribution in [1.82, 2.24) is 19.2 Å². The molecule has 1 atom stereocenters. The van der Waals surface area contributed by atoms with Gasteiger partial charge in [-0.05, 0) is 19.8 Å². The van der Waals surface area contributed by atoms with Gasteiger partial charge in [-0.1, -0.05) is 20.8 Å². The molecule has 2 fully saturated rings. The number of rotatable bonds is 3. The molecule has 0 aliphatic carbocycles. The molecule has 1 amide bonds. The van der Waals surface area contributed by atoms with Crippen molar-refractivity contribution in [2.45, 2.75) is 52.0 Å². The van der Waals surface area contributed by atoms with Gasteiger partial charge in [-0.15, -0.1) is 0 Å². The Morgan fingerprint density at radius 1 is 1.08 bits per heavy atom. The molecule has 6 nitrogen and oxygen atoms in total. The second kappa shape index (κ2) is 6.96. The molecule has 1 unspecified atom stereocenters. The van der Waals surface area contributed by atoms with Crippen molar-refractivity contribution in [1.29, 1.82) is 0 Å². The maximum atomic E-state index is 12.6. The van der Waals surface area contributed by atoms with Crippen LogP contribution in [0.15, 0.2) is 0 Å². The van der Waals surface area contributed by atoms with Crippen molar-refractivity contribution in [3.05, 3.63) is 5.82 Å². The molecular formula is C17H29N5OS. The van der Waals surface area contributed by atoms with Crippen LogP contribution in [0.5, 0.6) is 0 Å². The van der Waals surface area contributed by atoms with Gasteiger partial charge in [0.2, 0.25) is 11.0 Å². The second-order valence-electron chi connectivity index (χ2n) is 7.88. The van der Waals surface area contributed by atoms with Crippen LogP contribution in [0.4, 0.5) is 5.13 Å². The number of piperazine rings is 1. The smallest absolute Gasteiger partial charge is 0.239 e. The lowest BCUT2D eigenvalue weighted by atomic mass is 9.96. The molecule has 2 saturated heterocycles. The topological polar surface area (TPSA) is 52.6 Å². The first-order valence-electron chi connectivity index (χ1n) is 8.98. The van der Waals surface area contributed by atoms with E-state index in [1.165, 1.54) is 11.5 Å². The molecule has 134 valence electrons. The largest absolute Gasteiger partial charge is 0.344 e. The Kier molecular flexibility index (Phi) is 5.11. The zero-order valence-electron chi connectivity index (χ0n) is 15.3. The Bertz CT molecular complexity index is 568. The predicted molar refractivity (Wildman–Crippen MR) is 97.7 cm³/mol. The molecule has 0 N–H and O–H groups in total. The standard InChI is InChI=1S/C17H29N5OS/c1-13(14(23)21-7-5-6-8-21)20-9-11-22(12-10-20)16-18-15(19-24-16)17(2,3)4/h13H,5-12H2,1-4H3. The minimum absolute atomic E-state index is 0.00671. The van der Waals surface area contributed by atoms with E-state index in [0.717, 1.165) is 63.1 Å². The number of nitrogens with zero attached hydrogens (tertiary/aromatic N) is 5. The zero-order chi connectivity index (χ0) is 17.3. The van der Waals surface area contributed by atoms with E-state index < -0.39 is 0 Å². The fraction of sp³-hybridized carbons (Fsp3) is 0.824. The first-order chi connectivity index (χ1) is 11.4. The van der Waals surface area contributed by atoms with E-state index in [2.05, 4.69) is 41.9 Å². The van der Waals surface area contributed by atoms with Gasteiger partial charge in [0.1, 0.15) is 5.82 Å². The molecule has 0 aromatic carbocycles. The maximum absolute atomic E-state index is 12.6. The highest BCUT2D eigenvalue weighted by atomic mass is 32.1. The predicted octanol–water partition coefficient (Wildman–Crippen LogP) is 1.97. The van der Waals surface area contributed by atoms with Gasteiger partial charge in [-0.25, -0.2) is 4.98 Å². The lowest BCUT2D eigenvalue weighted by molar-refractivity contribution is -0.135. The van der Waals surface area contributed by atoms with Gasteiger partial charge in [-0.2, -0.15) is 4.37 Å². The molecule has 0 saturated carbocycles. The van der Waals surface area contributed by atoms with Crippen LogP contribution in [-0.4, -0.2) is 70.4 Å². The Morgan fingerprint density at radius 2 is 1.71 bits per heavy atom. The molecule has 3 rings (SSSR count). The maximum Gasteiger partial charge on any atom is 0.239 e. The highest BCUT2D eigenvalue weighted by molar-refractivity contribution is 7.09. The van der Waals surface area contributed by atoms with E-state index >= 15 is 0 Å². The Balaban J connectivity index is 1.55. The molecule has 0 radical (unpaired) electrons. The van der Waals surface area contributed by atoms with Crippen molar-refractivity contribution >= 4 is 22.6 Å². The Morgan fingerprint density at radius 3 is 2.25 bits per heavy atom. The third-order valence-electron chi connectivity index (χ3n) is 4.99. The molecule has 1 aromatic rings. The van der Waals surface area contributed by atoms with E-state index in [1.54, 1.807) is 0 Å². The summed E-state index contributed by atoms with van der Waals surface area (Å²) in [7, 11) is 0. The van der Waals surface area contributed by atoms with Crippen molar-refractivity contribution in [2.24, 2.45) is 0 Å². The number of hydrogen-bond acceptors (Lipinski definition) is 6. The number of hydrogen-bond donors (Lipinski definition) is 0. The highest BCUT2D eigenvalue weighted by Gasteiger charge is 2.31. The number of anilines is 1. The molecule has 2 aliphatic rings. The van der Waals surface area contributed by atoms with Gasteiger partial charge in [0, 0.05) is 56.2 Å². The molecule has 1 aromatic heterocycles. The van der Waals surface area contributed by atoms with Gasteiger partial charge in [-0.3, -0.25) is 9.69 Å². The minimum Gasteiger partial charge on any atom is -0.344 e. The number of aromatic nitrogens is 2. The SMILES string of the molecule is CC(C(=O)N1CCCC1)N1CCN(c2nc(C(C)(C)C)ns2)CC1. The third kappa shape index (κ3) is 3.72. The average Bonchev–Trinajstić information content (AvgIpc) is 3.24. The van der Waals surface area contributed by atoms with Crippen LogP contribution in [0, 0.1) is 0 Å². The van der Waals surface area contributed by atoms with Crippen LogP contribution in [0.3, 0.4) is 0 Å². The van der Waals surface area contributed by atoms with Crippen LogP contribution >= 0.6 is 11.5 Å². The molecule has 2 aliphatic heterocycles. The fourth-order valence-corrected chi connectivity index (χ4v) is 4.22. The number of carbonyl (C=O) groups is 1. The summed E-state index contributed by atoms with van der Waals surface area (Å²) in [5, 5.41) is 1.01. The Labute approximate surface area is 149 Å². The van der Waals surface area contributed by atoms with Crippen LogP contribution in [-0.2, 0) is 10.2 Å². The quantitative estimate of drug-likeness (QED) is 0.833. The summed E-state index contributed by atoms with van der Waals surface area (Å²) >= 11 is 1.49. The number of likely N-dealkylation sites (tertiary alicyclic amines) is 1. The average molecular weight is 352 g/mol. The van der Waals surface area contributed by atoms with Gasteiger partial charge >= 0.3 is 0 Å². The Hall–Kier alpha value is -1.21.